The highest BCUT2D eigenvalue weighted by atomic mass is 16.5. The zero-order valence-corrected chi connectivity index (χ0v) is 14.2. The Hall–Kier alpha value is -2.32. The van der Waals surface area contributed by atoms with Crippen molar-refractivity contribution in [3.63, 3.8) is 0 Å². The van der Waals surface area contributed by atoms with Gasteiger partial charge >= 0.3 is 0 Å². The van der Waals surface area contributed by atoms with E-state index in [1.54, 1.807) is 12.0 Å². The number of methoxy groups -OCH3 is 1. The highest BCUT2D eigenvalue weighted by molar-refractivity contribution is 5.95. The summed E-state index contributed by atoms with van der Waals surface area (Å²) in [5.41, 5.74) is 0.197. The first kappa shape index (κ1) is 19.0. The molecule has 0 atom stereocenters. The molecule has 0 saturated carbocycles. The van der Waals surface area contributed by atoms with Gasteiger partial charge in [-0.1, -0.05) is 0 Å². The summed E-state index contributed by atoms with van der Waals surface area (Å²) in [5.74, 6) is -0.768. The minimum atomic E-state index is -0.362. The van der Waals surface area contributed by atoms with Crippen LogP contribution in [0.1, 0.15) is 23.2 Å². The molecule has 1 heterocycles. The smallest absolute Gasteiger partial charge is 0.251 e. The molecule has 2 rings (SSSR count). The molecule has 3 N–H and O–H groups in total. The van der Waals surface area contributed by atoms with E-state index in [4.69, 9.17) is 9.47 Å². The number of hydrogen-bond acceptors (Lipinski definition) is 6. The molecular weight excluding hydrogens is 328 g/mol. The van der Waals surface area contributed by atoms with E-state index in [9.17, 15) is 19.8 Å². The second kappa shape index (κ2) is 9.24. The van der Waals surface area contributed by atoms with Crippen molar-refractivity contribution in [1.82, 2.24) is 10.2 Å². The van der Waals surface area contributed by atoms with Crippen LogP contribution in [-0.2, 0) is 14.3 Å². The summed E-state index contributed by atoms with van der Waals surface area (Å²) < 4.78 is 10.1. The predicted octanol–water partition coefficient (Wildman–Crippen LogP) is 0.482. The minimum Gasteiger partial charge on any atom is -0.508 e. The Morgan fingerprint density at radius 3 is 2.40 bits per heavy atom. The average Bonchev–Trinajstić information content (AvgIpc) is 2.58. The van der Waals surface area contributed by atoms with Crippen LogP contribution in [0.2, 0.25) is 0 Å². The molecule has 0 radical (unpaired) electrons. The van der Waals surface area contributed by atoms with E-state index in [0.29, 0.717) is 39.1 Å². The number of nitrogens with zero attached hydrogens (tertiary/aromatic N) is 1. The van der Waals surface area contributed by atoms with Crippen LogP contribution in [0.5, 0.6) is 11.5 Å². The summed E-state index contributed by atoms with van der Waals surface area (Å²) in [5, 5.41) is 21.8. The summed E-state index contributed by atoms with van der Waals surface area (Å²) in [4.78, 5) is 25.9. The maximum absolute atomic E-state index is 12.2. The van der Waals surface area contributed by atoms with Crippen LogP contribution in [0, 0.1) is 0 Å². The van der Waals surface area contributed by atoms with Crippen molar-refractivity contribution in [2.24, 2.45) is 0 Å². The fourth-order valence-corrected chi connectivity index (χ4v) is 2.66. The Morgan fingerprint density at radius 2 is 1.80 bits per heavy atom. The molecule has 0 spiro atoms. The Labute approximate surface area is 146 Å². The van der Waals surface area contributed by atoms with Gasteiger partial charge in [0.05, 0.1) is 13.2 Å². The molecule has 138 valence electrons. The third-order valence-electron chi connectivity index (χ3n) is 4.00. The monoisotopic (exact) mass is 352 g/mol. The minimum absolute atomic E-state index is 0.0307. The quantitative estimate of drug-likeness (QED) is 0.616. The number of aromatic hydroxyl groups is 2. The van der Waals surface area contributed by atoms with E-state index in [1.165, 1.54) is 12.1 Å². The van der Waals surface area contributed by atoms with Gasteiger partial charge in [-0.25, -0.2) is 0 Å². The maximum atomic E-state index is 12.2. The molecule has 1 aromatic rings. The average molecular weight is 352 g/mol. The van der Waals surface area contributed by atoms with E-state index in [2.05, 4.69) is 5.32 Å². The van der Waals surface area contributed by atoms with Gasteiger partial charge in [-0.3, -0.25) is 9.59 Å². The van der Waals surface area contributed by atoms with Crippen molar-refractivity contribution in [1.29, 1.82) is 0 Å². The van der Waals surface area contributed by atoms with E-state index < -0.39 is 0 Å². The van der Waals surface area contributed by atoms with Gasteiger partial charge in [0.25, 0.3) is 5.91 Å². The van der Waals surface area contributed by atoms with Crippen LogP contribution in [0.15, 0.2) is 18.2 Å². The Kier molecular flexibility index (Phi) is 7.03. The third kappa shape index (κ3) is 5.91. The maximum Gasteiger partial charge on any atom is 0.251 e. The van der Waals surface area contributed by atoms with Crippen molar-refractivity contribution in [3.8, 4) is 11.5 Å². The number of ether oxygens (including phenoxy) is 2. The van der Waals surface area contributed by atoms with Gasteiger partial charge in [0.15, 0.2) is 0 Å². The molecule has 25 heavy (non-hydrogen) atoms. The van der Waals surface area contributed by atoms with Gasteiger partial charge in [0, 0.05) is 37.9 Å². The summed E-state index contributed by atoms with van der Waals surface area (Å²) in [6.45, 7) is 1.95. The summed E-state index contributed by atoms with van der Waals surface area (Å²) in [6.07, 6.45) is 1.28. The zero-order chi connectivity index (χ0) is 18.2. The topological polar surface area (TPSA) is 108 Å². The number of hydrogen-bond donors (Lipinski definition) is 3. The van der Waals surface area contributed by atoms with Gasteiger partial charge in [0.2, 0.25) is 5.91 Å². The van der Waals surface area contributed by atoms with Gasteiger partial charge in [-0.05, 0) is 25.0 Å². The second-order valence-electron chi connectivity index (χ2n) is 5.91. The van der Waals surface area contributed by atoms with Crippen molar-refractivity contribution >= 4 is 11.8 Å². The third-order valence-corrected chi connectivity index (χ3v) is 4.00. The van der Waals surface area contributed by atoms with E-state index >= 15 is 0 Å². The molecule has 1 fully saturated rings. The van der Waals surface area contributed by atoms with Crippen molar-refractivity contribution in [2.45, 2.75) is 18.9 Å². The molecule has 2 amide bonds. The van der Waals surface area contributed by atoms with Gasteiger partial charge in [-0.2, -0.15) is 0 Å². The largest absolute Gasteiger partial charge is 0.508 e. The zero-order valence-electron chi connectivity index (χ0n) is 14.2. The number of nitrogens with one attached hydrogen (secondary N) is 1. The highest BCUT2D eigenvalue weighted by Crippen LogP contribution is 2.21. The van der Waals surface area contributed by atoms with Crippen LogP contribution in [0.3, 0.4) is 0 Å². The van der Waals surface area contributed by atoms with Crippen molar-refractivity contribution in [2.75, 3.05) is 40.0 Å². The molecule has 8 heteroatoms. The Balaban J connectivity index is 1.76. The SMILES string of the molecule is COCCOCC(=O)N1CCC(NC(=O)c2cc(O)cc(O)c2)CC1. The standard InChI is InChI=1S/C17H24N2O6/c1-24-6-7-25-11-16(22)19-4-2-13(3-5-19)18-17(23)12-8-14(20)10-15(21)9-12/h8-10,13,20-21H,2-7,11H2,1H3,(H,18,23). The van der Waals surface area contributed by atoms with Gasteiger partial charge < -0.3 is 29.9 Å². The number of rotatable bonds is 7. The van der Waals surface area contributed by atoms with Gasteiger partial charge in [-0.15, -0.1) is 0 Å². The van der Waals surface area contributed by atoms with Crippen LogP contribution in [0.25, 0.3) is 0 Å². The predicted molar refractivity (Wildman–Crippen MR) is 89.5 cm³/mol. The fraction of sp³-hybridized carbons (Fsp3) is 0.529. The van der Waals surface area contributed by atoms with Crippen LogP contribution in [0.4, 0.5) is 0 Å². The second-order valence-corrected chi connectivity index (χ2v) is 5.91. The number of carbonyl (C=O) groups excluding carboxylic acids is 2. The molecule has 0 aromatic heterocycles. The molecule has 1 aliphatic rings. The molecule has 1 aliphatic heterocycles. The first-order chi connectivity index (χ1) is 12.0. The highest BCUT2D eigenvalue weighted by Gasteiger charge is 2.24. The number of likely N-dealkylation sites (tertiary alicyclic amines) is 1. The molecule has 1 saturated heterocycles. The summed E-state index contributed by atoms with van der Waals surface area (Å²) in [7, 11) is 1.57. The number of phenols is 2. The van der Waals surface area contributed by atoms with Crippen LogP contribution in [-0.4, -0.2) is 73.0 Å². The number of amides is 2. The van der Waals surface area contributed by atoms with Crippen molar-refractivity contribution < 1.29 is 29.3 Å². The van der Waals surface area contributed by atoms with E-state index in [1.807, 2.05) is 0 Å². The van der Waals surface area contributed by atoms with E-state index in [0.717, 1.165) is 6.07 Å². The molecule has 8 nitrogen and oxygen atoms in total. The normalized spacial score (nSPS) is 15.2. The number of phenolic OH excluding ortho intramolecular Hbond substituents is 2. The lowest BCUT2D eigenvalue weighted by Crippen LogP contribution is -2.47. The van der Waals surface area contributed by atoms with Crippen LogP contribution >= 0.6 is 0 Å². The molecular formula is C17H24N2O6. The van der Waals surface area contributed by atoms with Crippen molar-refractivity contribution in [3.05, 3.63) is 23.8 Å². The summed E-state index contributed by atoms with van der Waals surface area (Å²) >= 11 is 0. The number of piperidine rings is 1. The fourth-order valence-electron chi connectivity index (χ4n) is 2.66. The van der Waals surface area contributed by atoms with E-state index in [-0.39, 0.29) is 41.5 Å². The van der Waals surface area contributed by atoms with Gasteiger partial charge in [0.1, 0.15) is 18.1 Å². The lowest BCUT2D eigenvalue weighted by atomic mass is 10.0. The first-order valence-corrected chi connectivity index (χ1v) is 8.18. The lowest BCUT2D eigenvalue weighted by Gasteiger charge is -2.32. The molecule has 0 bridgehead atoms. The first-order valence-electron chi connectivity index (χ1n) is 8.18. The molecule has 1 aromatic carbocycles. The molecule has 0 unspecified atom stereocenters. The Bertz CT molecular complexity index is 579. The number of benzene rings is 1. The molecule has 0 aliphatic carbocycles. The van der Waals surface area contributed by atoms with Crippen LogP contribution < -0.4 is 5.32 Å². The Morgan fingerprint density at radius 1 is 1.16 bits per heavy atom. The summed E-state index contributed by atoms with van der Waals surface area (Å²) in [6, 6.07) is 3.70. The lowest BCUT2D eigenvalue weighted by molar-refractivity contribution is -0.137. The number of carbonyl (C=O) groups is 2.